The molecule has 1 rings (SSSR count). The van der Waals surface area contributed by atoms with Crippen molar-refractivity contribution in [3.63, 3.8) is 0 Å². The summed E-state index contributed by atoms with van der Waals surface area (Å²) in [6, 6.07) is 7.42. The first-order valence-corrected chi connectivity index (χ1v) is 5.90. The highest BCUT2D eigenvalue weighted by molar-refractivity contribution is 7.99. The zero-order valence-corrected chi connectivity index (χ0v) is 10.2. The van der Waals surface area contributed by atoms with Gasteiger partial charge in [0.25, 0.3) is 0 Å². The van der Waals surface area contributed by atoms with Gasteiger partial charge in [-0.15, -0.1) is 11.8 Å². The summed E-state index contributed by atoms with van der Waals surface area (Å²) in [6.45, 7) is 3.43. The third-order valence-electron chi connectivity index (χ3n) is 1.97. The van der Waals surface area contributed by atoms with Crippen LogP contribution in [0.25, 0.3) is 0 Å². The molecule has 1 aromatic carbocycles. The molecule has 0 spiro atoms. The molecule has 0 aromatic heterocycles. The van der Waals surface area contributed by atoms with Crippen molar-refractivity contribution in [1.82, 2.24) is 0 Å². The molecule has 4 heteroatoms. The van der Waals surface area contributed by atoms with Crippen LogP contribution in [-0.4, -0.2) is 16.8 Å². The number of thioether (sulfide) groups is 1. The van der Waals surface area contributed by atoms with Gasteiger partial charge in [0.1, 0.15) is 0 Å². The van der Waals surface area contributed by atoms with E-state index >= 15 is 0 Å². The lowest BCUT2D eigenvalue weighted by atomic mass is 9.97. The van der Waals surface area contributed by atoms with Crippen LogP contribution < -0.4 is 0 Å². The van der Waals surface area contributed by atoms with E-state index in [2.05, 4.69) is 0 Å². The molecule has 1 aromatic rings. The molecule has 0 amide bonds. The molecule has 0 bridgehead atoms. The number of rotatable bonds is 4. The summed E-state index contributed by atoms with van der Waals surface area (Å²) in [4.78, 5) is 11.9. The smallest absolute Gasteiger partial charge is 0.309 e. The van der Waals surface area contributed by atoms with Crippen LogP contribution in [0.1, 0.15) is 13.8 Å². The second-order valence-corrected chi connectivity index (χ2v) is 5.42. The lowest BCUT2D eigenvalue weighted by Crippen LogP contribution is -2.26. The molecular weight excluding hydrogens is 232 g/mol. The predicted molar refractivity (Wildman–Crippen MR) is 63.6 cm³/mol. The number of carboxylic acids is 1. The topological polar surface area (TPSA) is 37.3 Å². The molecule has 0 saturated heterocycles. The number of aliphatic carboxylic acids is 1. The highest BCUT2D eigenvalue weighted by Gasteiger charge is 2.26. The van der Waals surface area contributed by atoms with Crippen LogP contribution >= 0.6 is 23.4 Å². The number of carbonyl (C=O) groups is 1. The number of benzene rings is 1. The summed E-state index contributed by atoms with van der Waals surface area (Å²) in [7, 11) is 0. The summed E-state index contributed by atoms with van der Waals surface area (Å²) in [5.74, 6) is -0.250. The molecule has 82 valence electrons. The predicted octanol–water partition coefficient (Wildman–Crippen LogP) is 3.54. The fourth-order valence-electron chi connectivity index (χ4n) is 0.882. The van der Waals surface area contributed by atoms with Gasteiger partial charge in [-0.05, 0) is 32.0 Å². The highest BCUT2D eigenvalue weighted by atomic mass is 35.5. The number of hydrogen-bond donors (Lipinski definition) is 1. The van der Waals surface area contributed by atoms with E-state index in [0.717, 1.165) is 4.90 Å². The van der Waals surface area contributed by atoms with Crippen LogP contribution in [0.3, 0.4) is 0 Å². The highest BCUT2D eigenvalue weighted by Crippen LogP contribution is 2.29. The number of carboxylic acid groups (broad SMARTS) is 1. The Bertz CT molecular complexity index is 363. The van der Waals surface area contributed by atoms with Crippen molar-refractivity contribution in [1.29, 1.82) is 0 Å². The Morgan fingerprint density at radius 3 is 2.73 bits per heavy atom. The van der Waals surface area contributed by atoms with Gasteiger partial charge in [-0.3, -0.25) is 4.79 Å². The van der Waals surface area contributed by atoms with Gasteiger partial charge in [0.15, 0.2) is 0 Å². The minimum atomic E-state index is -0.781. The SMILES string of the molecule is CC(C)(CSc1cccc(Cl)c1)C(=O)O. The van der Waals surface area contributed by atoms with Gasteiger partial charge in [-0.25, -0.2) is 0 Å². The van der Waals surface area contributed by atoms with Gasteiger partial charge in [0.2, 0.25) is 0 Å². The van der Waals surface area contributed by atoms with Crippen molar-refractivity contribution in [2.45, 2.75) is 18.7 Å². The van der Waals surface area contributed by atoms with Gasteiger partial charge in [-0.2, -0.15) is 0 Å². The zero-order chi connectivity index (χ0) is 11.5. The largest absolute Gasteiger partial charge is 0.481 e. The lowest BCUT2D eigenvalue weighted by Gasteiger charge is -2.18. The van der Waals surface area contributed by atoms with E-state index < -0.39 is 11.4 Å². The average molecular weight is 245 g/mol. The average Bonchev–Trinajstić information content (AvgIpc) is 2.15. The fraction of sp³-hybridized carbons (Fsp3) is 0.364. The van der Waals surface area contributed by atoms with Gasteiger partial charge in [0.05, 0.1) is 5.41 Å². The molecule has 0 heterocycles. The van der Waals surface area contributed by atoms with E-state index in [4.69, 9.17) is 16.7 Å². The summed E-state index contributed by atoms with van der Waals surface area (Å²) < 4.78 is 0. The minimum absolute atomic E-state index is 0.530. The third-order valence-corrected chi connectivity index (χ3v) is 3.66. The number of halogens is 1. The molecule has 0 saturated carbocycles. The molecule has 0 radical (unpaired) electrons. The van der Waals surface area contributed by atoms with E-state index in [-0.39, 0.29) is 0 Å². The first-order chi connectivity index (χ1) is 6.92. The van der Waals surface area contributed by atoms with Crippen LogP contribution in [-0.2, 0) is 4.79 Å². The Hall–Kier alpha value is -0.670. The van der Waals surface area contributed by atoms with Crippen molar-refractivity contribution < 1.29 is 9.90 Å². The van der Waals surface area contributed by atoms with Gasteiger partial charge in [0, 0.05) is 15.7 Å². The van der Waals surface area contributed by atoms with Crippen molar-refractivity contribution >= 4 is 29.3 Å². The standard InChI is InChI=1S/C11H13ClO2S/c1-11(2,10(13)14)7-15-9-5-3-4-8(12)6-9/h3-6H,7H2,1-2H3,(H,13,14). The summed E-state index contributed by atoms with van der Waals surface area (Å²) >= 11 is 7.33. The Balaban J connectivity index is 2.61. The van der Waals surface area contributed by atoms with Crippen molar-refractivity contribution in [3.8, 4) is 0 Å². The molecular formula is C11H13ClO2S. The summed E-state index contributed by atoms with van der Waals surface area (Å²) in [6.07, 6.45) is 0. The Labute approximate surface area is 98.6 Å². The third kappa shape index (κ3) is 3.76. The molecule has 0 aliphatic heterocycles. The van der Waals surface area contributed by atoms with Crippen molar-refractivity contribution in [3.05, 3.63) is 29.3 Å². The van der Waals surface area contributed by atoms with Gasteiger partial charge >= 0.3 is 5.97 Å². The molecule has 0 aliphatic rings. The maximum Gasteiger partial charge on any atom is 0.309 e. The molecule has 0 aliphatic carbocycles. The number of hydrogen-bond acceptors (Lipinski definition) is 2. The van der Waals surface area contributed by atoms with Crippen LogP contribution in [0.2, 0.25) is 5.02 Å². The normalized spacial score (nSPS) is 11.4. The van der Waals surface area contributed by atoms with Crippen molar-refractivity contribution in [2.75, 3.05) is 5.75 Å². The van der Waals surface area contributed by atoms with Crippen LogP contribution in [0, 0.1) is 5.41 Å². The fourth-order valence-corrected chi connectivity index (χ4v) is 2.17. The van der Waals surface area contributed by atoms with E-state index in [0.29, 0.717) is 10.8 Å². The van der Waals surface area contributed by atoms with Crippen LogP contribution in [0.5, 0.6) is 0 Å². The van der Waals surface area contributed by atoms with Crippen molar-refractivity contribution in [2.24, 2.45) is 5.41 Å². The molecule has 15 heavy (non-hydrogen) atoms. The Morgan fingerprint density at radius 2 is 2.20 bits per heavy atom. The molecule has 0 unspecified atom stereocenters. The summed E-state index contributed by atoms with van der Waals surface area (Å²) in [5.41, 5.74) is -0.715. The van der Waals surface area contributed by atoms with Gasteiger partial charge in [-0.1, -0.05) is 17.7 Å². The maximum absolute atomic E-state index is 10.9. The van der Waals surface area contributed by atoms with E-state index in [1.165, 1.54) is 11.8 Å². The Kier molecular flexibility index (Phi) is 4.05. The molecule has 0 atom stereocenters. The van der Waals surface area contributed by atoms with E-state index in [9.17, 15) is 4.79 Å². The molecule has 1 N–H and O–H groups in total. The monoisotopic (exact) mass is 244 g/mol. The van der Waals surface area contributed by atoms with E-state index in [1.807, 2.05) is 18.2 Å². The first-order valence-electron chi connectivity index (χ1n) is 4.53. The first kappa shape index (κ1) is 12.4. The second-order valence-electron chi connectivity index (χ2n) is 3.94. The van der Waals surface area contributed by atoms with Crippen LogP contribution in [0.15, 0.2) is 29.2 Å². The lowest BCUT2D eigenvalue weighted by molar-refractivity contribution is -0.145. The quantitative estimate of drug-likeness (QED) is 0.824. The Morgan fingerprint density at radius 1 is 1.53 bits per heavy atom. The minimum Gasteiger partial charge on any atom is -0.481 e. The zero-order valence-electron chi connectivity index (χ0n) is 8.66. The maximum atomic E-state index is 10.9. The van der Waals surface area contributed by atoms with E-state index in [1.54, 1.807) is 19.9 Å². The molecule has 2 nitrogen and oxygen atoms in total. The summed E-state index contributed by atoms with van der Waals surface area (Å²) in [5, 5.41) is 9.61. The second kappa shape index (κ2) is 4.90. The molecule has 0 fully saturated rings. The van der Waals surface area contributed by atoms with Crippen LogP contribution in [0.4, 0.5) is 0 Å². The van der Waals surface area contributed by atoms with Gasteiger partial charge < -0.3 is 5.11 Å².